The Bertz CT molecular complexity index is 676. The third kappa shape index (κ3) is 5.03. The van der Waals surface area contributed by atoms with Crippen molar-refractivity contribution >= 4 is 5.97 Å². The second-order valence-electron chi connectivity index (χ2n) is 5.92. The van der Waals surface area contributed by atoms with Crippen LogP contribution in [0, 0.1) is 0 Å². The number of methoxy groups -OCH3 is 1. The molecule has 0 heterocycles. The van der Waals surface area contributed by atoms with Crippen molar-refractivity contribution in [1.82, 2.24) is 5.32 Å². The number of aliphatic hydroxyl groups excluding tert-OH is 1. The topological polar surface area (TPSA) is 105 Å². The van der Waals surface area contributed by atoms with Crippen LogP contribution in [0.3, 0.4) is 0 Å². The summed E-state index contributed by atoms with van der Waals surface area (Å²) >= 11 is 0. The zero-order valence-electron chi connectivity index (χ0n) is 14.2. The lowest BCUT2D eigenvalue weighted by Crippen LogP contribution is -2.66. The van der Waals surface area contributed by atoms with Gasteiger partial charge in [-0.2, -0.15) is 0 Å². The molecule has 0 bridgehead atoms. The minimum absolute atomic E-state index is 0.217. The zero-order valence-corrected chi connectivity index (χ0v) is 14.2. The molecule has 6 heteroatoms. The molecule has 0 aliphatic carbocycles. The second kappa shape index (κ2) is 8.62. The first-order valence-corrected chi connectivity index (χ1v) is 8.08. The molecular formula is C19H24N2O4. The molecular weight excluding hydrogens is 320 g/mol. The predicted octanol–water partition coefficient (Wildman–Crippen LogP) is 1.52. The number of rotatable bonds is 9. The van der Waals surface area contributed by atoms with Gasteiger partial charge in [0.1, 0.15) is 5.75 Å². The number of hydrogen-bond donors (Lipinski definition) is 4. The van der Waals surface area contributed by atoms with E-state index in [1.165, 1.54) is 0 Å². The van der Waals surface area contributed by atoms with Crippen LogP contribution in [0.4, 0.5) is 0 Å². The first-order valence-electron chi connectivity index (χ1n) is 8.08. The fourth-order valence-electron chi connectivity index (χ4n) is 2.50. The Kier molecular flexibility index (Phi) is 6.52. The largest absolute Gasteiger partial charge is 0.497 e. The Morgan fingerprint density at radius 2 is 1.80 bits per heavy atom. The molecule has 2 rings (SSSR count). The number of nitrogens with two attached hydrogens (primary N) is 1. The molecule has 0 saturated carbocycles. The maximum Gasteiger partial charge on any atom is 0.341 e. The fraction of sp³-hybridized carbons (Fsp3) is 0.316. The molecule has 0 radical (unpaired) electrons. The van der Waals surface area contributed by atoms with E-state index < -0.39 is 17.7 Å². The Balaban J connectivity index is 1.99. The summed E-state index contributed by atoms with van der Waals surface area (Å²) in [7, 11) is 1.58. The van der Waals surface area contributed by atoms with Crippen molar-refractivity contribution in [1.29, 1.82) is 0 Å². The lowest BCUT2D eigenvalue weighted by molar-refractivity contribution is -0.150. The normalized spacial score (nSPS) is 14.5. The number of ether oxygens (including phenoxy) is 1. The molecule has 134 valence electrons. The quantitative estimate of drug-likeness (QED) is 0.514. The first-order chi connectivity index (χ1) is 12.0. The lowest BCUT2D eigenvalue weighted by atomic mass is 9.96. The van der Waals surface area contributed by atoms with Crippen molar-refractivity contribution in [3.63, 3.8) is 0 Å². The van der Waals surface area contributed by atoms with E-state index in [2.05, 4.69) is 5.32 Å². The number of benzene rings is 2. The minimum atomic E-state index is -1.92. The van der Waals surface area contributed by atoms with E-state index in [9.17, 15) is 15.0 Å². The van der Waals surface area contributed by atoms with Gasteiger partial charge in [0.2, 0.25) is 0 Å². The van der Waals surface area contributed by atoms with Crippen molar-refractivity contribution in [3.8, 4) is 5.75 Å². The zero-order chi connectivity index (χ0) is 18.3. The molecule has 0 aromatic heterocycles. The summed E-state index contributed by atoms with van der Waals surface area (Å²) in [5.41, 5.74) is 5.90. The highest BCUT2D eigenvalue weighted by Crippen LogP contribution is 2.15. The van der Waals surface area contributed by atoms with Crippen LogP contribution < -0.4 is 15.8 Å². The average Bonchev–Trinajstić information content (AvgIpc) is 2.65. The molecule has 2 unspecified atom stereocenters. The van der Waals surface area contributed by atoms with Crippen molar-refractivity contribution < 1.29 is 19.7 Å². The molecule has 0 amide bonds. The standard InChI is InChI=1S/C19H24N2O4/c1-25-16-10-7-15(8-11-16)13-21-19(20,18(23)24)17(22)12-9-14-5-3-2-4-6-14/h2-8,10-11,17,21-22H,9,12-13,20H2,1H3,(H,23,24). The number of aliphatic carboxylic acids is 1. The number of aliphatic hydroxyl groups is 1. The molecule has 5 N–H and O–H groups in total. The molecule has 2 aromatic rings. The smallest absolute Gasteiger partial charge is 0.341 e. The molecule has 0 aliphatic heterocycles. The number of carbonyl (C=O) groups is 1. The van der Waals surface area contributed by atoms with Crippen LogP contribution in [0.2, 0.25) is 0 Å². The Hall–Kier alpha value is -2.41. The predicted molar refractivity (Wildman–Crippen MR) is 95.2 cm³/mol. The first kappa shape index (κ1) is 18.9. The number of nitrogens with one attached hydrogen (secondary N) is 1. The summed E-state index contributed by atoms with van der Waals surface area (Å²) in [6, 6.07) is 16.7. The summed E-state index contributed by atoms with van der Waals surface area (Å²) in [5, 5.41) is 22.6. The average molecular weight is 344 g/mol. The van der Waals surface area contributed by atoms with Gasteiger partial charge in [0.05, 0.1) is 13.2 Å². The fourth-order valence-corrected chi connectivity index (χ4v) is 2.50. The Labute approximate surface area is 147 Å². The number of hydrogen-bond acceptors (Lipinski definition) is 5. The van der Waals surface area contributed by atoms with Crippen LogP contribution in [0.25, 0.3) is 0 Å². The van der Waals surface area contributed by atoms with Crippen molar-refractivity contribution in [3.05, 3.63) is 65.7 Å². The summed E-state index contributed by atoms with van der Waals surface area (Å²) in [5.74, 6) is -0.578. The molecule has 0 aliphatic rings. The van der Waals surface area contributed by atoms with E-state index >= 15 is 0 Å². The summed E-state index contributed by atoms with van der Waals surface area (Å²) < 4.78 is 5.09. The minimum Gasteiger partial charge on any atom is -0.497 e. The maximum atomic E-state index is 11.6. The molecule has 2 atom stereocenters. The summed E-state index contributed by atoms with van der Waals surface area (Å²) in [6.07, 6.45) is -0.454. The van der Waals surface area contributed by atoms with Crippen LogP contribution in [0.1, 0.15) is 17.5 Å². The maximum absolute atomic E-state index is 11.6. The number of aryl methyl sites for hydroxylation is 1. The van der Waals surface area contributed by atoms with Crippen molar-refractivity contribution in [2.24, 2.45) is 5.73 Å². The van der Waals surface area contributed by atoms with Crippen LogP contribution in [-0.2, 0) is 17.8 Å². The van der Waals surface area contributed by atoms with Gasteiger partial charge in [-0.1, -0.05) is 42.5 Å². The summed E-state index contributed by atoms with van der Waals surface area (Å²) in [6.45, 7) is 0.217. The van der Waals surface area contributed by atoms with Crippen LogP contribution in [0.15, 0.2) is 54.6 Å². The van der Waals surface area contributed by atoms with Crippen LogP contribution >= 0.6 is 0 Å². The lowest BCUT2D eigenvalue weighted by Gasteiger charge is -2.31. The third-order valence-corrected chi connectivity index (χ3v) is 4.17. The van der Waals surface area contributed by atoms with Gasteiger partial charge in [0.15, 0.2) is 5.66 Å². The monoisotopic (exact) mass is 344 g/mol. The van der Waals surface area contributed by atoms with Crippen LogP contribution in [-0.4, -0.2) is 35.1 Å². The Morgan fingerprint density at radius 3 is 2.36 bits per heavy atom. The van der Waals surface area contributed by atoms with Gasteiger partial charge < -0.3 is 20.7 Å². The number of carboxylic acids is 1. The van der Waals surface area contributed by atoms with Gasteiger partial charge in [-0.25, -0.2) is 4.79 Å². The van der Waals surface area contributed by atoms with E-state index in [1.54, 1.807) is 19.2 Å². The highest BCUT2D eigenvalue weighted by atomic mass is 16.5. The highest BCUT2D eigenvalue weighted by molar-refractivity contribution is 5.78. The summed E-state index contributed by atoms with van der Waals surface area (Å²) in [4.78, 5) is 11.6. The van der Waals surface area contributed by atoms with Gasteiger partial charge in [0.25, 0.3) is 0 Å². The SMILES string of the molecule is COc1ccc(CNC(N)(C(=O)O)C(O)CCc2ccccc2)cc1. The van der Waals surface area contributed by atoms with Crippen molar-refractivity contribution in [2.45, 2.75) is 31.2 Å². The molecule has 25 heavy (non-hydrogen) atoms. The Morgan fingerprint density at radius 1 is 1.16 bits per heavy atom. The van der Waals surface area contributed by atoms with Crippen molar-refractivity contribution in [2.75, 3.05) is 7.11 Å². The molecule has 6 nitrogen and oxygen atoms in total. The van der Waals surface area contributed by atoms with Gasteiger partial charge in [-0.3, -0.25) is 5.32 Å². The van der Waals surface area contributed by atoms with E-state index in [0.29, 0.717) is 12.2 Å². The van der Waals surface area contributed by atoms with E-state index in [0.717, 1.165) is 11.1 Å². The van der Waals surface area contributed by atoms with E-state index in [-0.39, 0.29) is 13.0 Å². The molecule has 0 spiro atoms. The number of carboxylic acid groups (broad SMARTS) is 1. The highest BCUT2D eigenvalue weighted by Gasteiger charge is 2.41. The van der Waals surface area contributed by atoms with Gasteiger partial charge in [0, 0.05) is 6.54 Å². The van der Waals surface area contributed by atoms with Gasteiger partial charge in [-0.15, -0.1) is 0 Å². The van der Waals surface area contributed by atoms with Gasteiger partial charge in [-0.05, 0) is 36.1 Å². The molecule has 2 aromatic carbocycles. The van der Waals surface area contributed by atoms with E-state index in [1.807, 2.05) is 42.5 Å². The molecule has 0 saturated heterocycles. The molecule has 0 fully saturated rings. The van der Waals surface area contributed by atoms with Gasteiger partial charge >= 0.3 is 5.97 Å². The second-order valence-corrected chi connectivity index (χ2v) is 5.92. The van der Waals surface area contributed by atoms with E-state index in [4.69, 9.17) is 10.5 Å². The van der Waals surface area contributed by atoms with Crippen LogP contribution in [0.5, 0.6) is 5.75 Å². The third-order valence-electron chi connectivity index (χ3n) is 4.17.